The lowest BCUT2D eigenvalue weighted by Gasteiger charge is -2.28. The van der Waals surface area contributed by atoms with Gasteiger partial charge in [0.15, 0.2) is 0 Å². The lowest BCUT2D eigenvalue weighted by Crippen LogP contribution is -2.51. The monoisotopic (exact) mass is 200 g/mol. The average Bonchev–Trinajstić information content (AvgIpc) is 2.10. The van der Waals surface area contributed by atoms with Crippen molar-refractivity contribution in [3.63, 3.8) is 0 Å². The zero-order valence-electron chi connectivity index (χ0n) is 8.58. The Morgan fingerprint density at radius 1 is 1.57 bits per heavy atom. The van der Waals surface area contributed by atoms with Crippen LogP contribution in [0.3, 0.4) is 0 Å². The Balaban J connectivity index is 2.37. The summed E-state index contributed by atoms with van der Waals surface area (Å²) in [6, 6.07) is -0.312. The first-order valence-corrected chi connectivity index (χ1v) is 4.83. The molecule has 0 aromatic heterocycles. The number of carbonyl (C=O) groups is 2. The average molecular weight is 200 g/mol. The standard InChI is InChI=1S/C9H16N2O3/c1-3-14-7(2)6-11-5-4-8(12)10-9(11)13/h7H,3-6H2,1-2H3,(H,10,12,13). The van der Waals surface area contributed by atoms with Crippen LogP contribution in [-0.4, -0.2) is 42.6 Å². The van der Waals surface area contributed by atoms with Gasteiger partial charge in [0, 0.05) is 26.1 Å². The molecule has 0 aromatic rings. The summed E-state index contributed by atoms with van der Waals surface area (Å²) in [5.41, 5.74) is 0. The van der Waals surface area contributed by atoms with Crippen LogP contribution < -0.4 is 5.32 Å². The Morgan fingerprint density at radius 3 is 2.86 bits per heavy atom. The molecule has 0 radical (unpaired) electrons. The van der Waals surface area contributed by atoms with E-state index in [1.54, 1.807) is 4.90 Å². The minimum absolute atomic E-state index is 0.0129. The molecule has 0 saturated carbocycles. The van der Waals surface area contributed by atoms with Crippen molar-refractivity contribution in [2.75, 3.05) is 19.7 Å². The van der Waals surface area contributed by atoms with Gasteiger partial charge >= 0.3 is 6.03 Å². The van der Waals surface area contributed by atoms with E-state index in [-0.39, 0.29) is 18.0 Å². The normalized spacial score (nSPS) is 19.4. The molecule has 3 amide bonds. The number of carbonyl (C=O) groups excluding carboxylic acids is 2. The fraction of sp³-hybridized carbons (Fsp3) is 0.778. The van der Waals surface area contributed by atoms with Crippen molar-refractivity contribution in [2.24, 2.45) is 0 Å². The van der Waals surface area contributed by atoms with Crippen molar-refractivity contribution in [3.8, 4) is 0 Å². The third-order valence-electron chi connectivity index (χ3n) is 2.07. The molecule has 1 aliphatic heterocycles. The molecule has 14 heavy (non-hydrogen) atoms. The molecule has 1 atom stereocenters. The van der Waals surface area contributed by atoms with Crippen molar-refractivity contribution in [3.05, 3.63) is 0 Å². The number of urea groups is 1. The summed E-state index contributed by atoms with van der Waals surface area (Å²) in [5, 5.41) is 2.27. The summed E-state index contributed by atoms with van der Waals surface area (Å²) >= 11 is 0. The third-order valence-corrected chi connectivity index (χ3v) is 2.07. The van der Waals surface area contributed by atoms with E-state index in [2.05, 4.69) is 5.32 Å². The summed E-state index contributed by atoms with van der Waals surface area (Å²) in [6.07, 6.45) is 0.392. The van der Waals surface area contributed by atoms with E-state index in [0.717, 1.165) is 0 Å². The fourth-order valence-corrected chi connectivity index (χ4v) is 1.42. The molecule has 0 aliphatic carbocycles. The number of imide groups is 1. The van der Waals surface area contributed by atoms with E-state index in [0.29, 0.717) is 26.1 Å². The van der Waals surface area contributed by atoms with Crippen LogP contribution in [0.4, 0.5) is 4.79 Å². The molecule has 80 valence electrons. The zero-order chi connectivity index (χ0) is 10.6. The van der Waals surface area contributed by atoms with Crippen LogP contribution in [0.15, 0.2) is 0 Å². The number of hydrogen-bond donors (Lipinski definition) is 1. The molecule has 1 aliphatic rings. The highest BCUT2D eigenvalue weighted by Crippen LogP contribution is 2.03. The fourth-order valence-electron chi connectivity index (χ4n) is 1.42. The van der Waals surface area contributed by atoms with Crippen LogP contribution in [0, 0.1) is 0 Å². The first-order chi connectivity index (χ1) is 6.63. The Kier molecular flexibility index (Phi) is 3.88. The summed E-state index contributed by atoms with van der Waals surface area (Å²) < 4.78 is 5.31. The quantitative estimate of drug-likeness (QED) is 0.712. The van der Waals surface area contributed by atoms with Gasteiger partial charge in [0.1, 0.15) is 0 Å². The number of hydrogen-bond acceptors (Lipinski definition) is 3. The maximum Gasteiger partial charge on any atom is 0.324 e. The van der Waals surface area contributed by atoms with Gasteiger partial charge in [-0.25, -0.2) is 4.79 Å². The Morgan fingerprint density at radius 2 is 2.29 bits per heavy atom. The molecule has 0 aromatic carbocycles. The number of nitrogens with zero attached hydrogens (tertiary/aromatic N) is 1. The van der Waals surface area contributed by atoms with Gasteiger partial charge in [-0.15, -0.1) is 0 Å². The van der Waals surface area contributed by atoms with Gasteiger partial charge in [-0.1, -0.05) is 0 Å². The molecule has 0 bridgehead atoms. The highest BCUT2D eigenvalue weighted by Gasteiger charge is 2.23. The predicted octanol–water partition coefficient (Wildman–Crippen LogP) is 0.353. The Hall–Kier alpha value is -1.10. The minimum atomic E-state index is -0.312. The van der Waals surface area contributed by atoms with Gasteiger partial charge in [-0.2, -0.15) is 0 Å². The highest BCUT2D eigenvalue weighted by molar-refractivity contribution is 5.96. The van der Waals surface area contributed by atoms with Gasteiger partial charge in [0.2, 0.25) is 5.91 Å². The van der Waals surface area contributed by atoms with E-state index in [9.17, 15) is 9.59 Å². The number of ether oxygens (including phenoxy) is 1. The van der Waals surface area contributed by atoms with Crippen LogP contribution in [0.1, 0.15) is 20.3 Å². The van der Waals surface area contributed by atoms with E-state index in [1.807, 2.05) is 13.8 Å². The summed E-state index contributed by atoms with van der Waals surface area (Å²) in [4.78, 5) is 23.7. The minimum Gasteiger partial charge on any atom is -0.377 e. The Labute approximate surface area is 83.4 Å². The van der Waals surface area contributed by atoms with Crippen LogP contribution >= 0.6 is 0 Å². The Bertz CT molecular complexity index is 230. The third kappa shape index (κ3) is 2.99. The van der Waals surface area contributed by atoms with Crippen LogP contribution in [0.5, 0.6) is 0 Å². The molecule has 0 spiro atoms. The van der Waals surface area contributed by atoms with Crippen molar-refractivity contribution in [1.29, 1.82) is 0 Å². The summed E-state index contributed by atoms with van der Waals surface area (Å²) in [7, 11) is 0. The molecular formula is C9H16N2O3. The van der Waals surface area contributed by atoms with E-state index < -0.39 is 0 Å². The maximum absolute atomic E-state index is 11.3. The van der Waals surface area contributed by atoms with Crippen LogP contribution in [-0.2, 0) is 9.53 Å². The van der Waals surface area contributed by atoms with Gasteiger partial charge in [-0.3, -0.25) is 10.1 Å². The van der Waals surface area contributed by atoms with Crippen LogP contribution in [0.25, 0.3) is 0 Å². The molecule has 1 fully saturated rings. The molecule has 1 N–H and O–H groups in total. The largest absolute Gasteiger partial charge is 0.377 e. The topological polar surface area (TPSA) is 58.6 Å². The van der Waals surface area contributed by atoms with Crippen molar-refractivity contribution in [2.45, 2.75) is 26.4 Å². The number of rotatable bonds is 4. The second kappa shape index (κ2) is 4.95. The summed E-state index contributed by atoms with van der Waals surface area (Å²) in [6.45, 7) is 5.48. The van der Waals surface area contributed by atoms with Crippen molar-refractivity contribution < 1.29 is 14.3 Å². The lowest BCUT2D eigenvalue weighted by atomic mass is 10.3. The lowest BCUT2D eigenvalue weighted by molar-refractivity contribution is -0.121. The van der Waals surface area contributed by atoms with Crippen molar-refractivity contribution >= 4 is 11.9 Å². The molecule has 5 nitrogen and oxygen atoms in total. The van der Waals surface area contributed by atoms with Gasteiger partial charge < -0.3 is 9.64 Å². The molecule has 1 rings (SSSR count). The molecule has 1 heterocycles. The first-order valence-electron chi connectivity index (χ1n) is 4.83. The smallest absolute Gasteiger partial charge is 0.324 e. The second-order valence-corrected chi connectivity index (χ2v) is 3.32. The predicted molar refractivity (Wildman–Crippen MR) is 50.8 cm³/mol. The van der Waals surface area contributed by atoms with E-state index in [4.69, 9.17) is 4.74 Å². The van der Waals surface area contributed by atoms with Crippen molar-refractivity contribution in [1.82, 2.24) is 10.2 Å². The van der Waals surface area contributed by atoms with E-state index >= 15 is 0 Å². The number of amides is 3. The SMILES string of the molecule is CCOC(C)CN1CCC(=O)NC1=O. The van der Waals surface area contributed by atoms with Gasteiger partial charge in [0.25, 0.3) is 0 Å². The van der Waals surface area contributed by atoms with Crippen LogP contribution in [0.2, 0.25) is 0 Å². The highest BCUT2D eigenvalue weighted by atomic mass is 16.5. The van der Waals surface area contributed by atoms with E-state index in [1.165, 1.54) is 0 Å². The zero-order valence-corrected chi connectivity index (χ0v) is 8.58. The van der Waals surface area contributed by atoms with Gasteiger partial charge in [0.05, 0.1) is 6.10 Å². The molecule has 1 saturated heterocycles. The number of nitrogens with one attached hydrogen (secondary N) is 1. The first kappa shape index (κ1) is 11.0. The maximum atomic E-state index is 11.3. The molecule has 5 heteroatoms. The molecular weight excluding hydrogens is 184 g/mol. The second-order valence-electron chi connectivity index (χ2n) is 3.32. The molecule has 1 unspecified atom stereocenters. The summed E-state index contributed by atoms with van der Waals surface area (Å²) in [5.74, 6) is -0.199. The van der Waals surface area contributed by atoms with Gasteiger partial charge in [-0.05, 0) is 13.8 Å².